The molecule has 0 atom stereocenters. The Morgan fingerprint density at radius 2 is 2.26 bits per heavy atom. The number of hydrogen-bond acceptors (Lipinski definition) is 6. The second kappa shape index (κ2) is 5.86. The van der Waals surface area contributed by atoms with E-state index >= 15 is 0 Å². The molecule has 98 valence electrons. The summed E-state index contributed by atoms with van der Waals surface area (Å²) in [7, 11) is 0. The molecule has 2 heterocycles. The fourth-order valence-electron chi connectivity index (χ4n) is 1.68. The first-order valence-corrected chi connectivity index (χ1v) is 6.03. The van der Waals surface area contributed by atoms with Crippen LogP contribution in [0.15, 0.2) is 12.4 Å². The first-order valence-electron chi connectivity index (χ1n) is 6.03. The Morgan fingerprint density at radius 3 is 2.89 bits per heavy atom. The third-order valence-corrected chi connectivity index (χ3v) is 2.66. The quantitative estimate of drug-likeness (QED) is 0.758. The second-order valence-corrected chi connectivity index (χ2v) is 4.00. The summed E-state index contributed by atoms with van der Waals surface area (Å²) in [4.78, 5) is 12.0. The zero-order chi connectivity index (χ0) is 13.7. The smallest absolute Gasteiger partial charge is 0.243 e. The van der Waals surface area contributed by atoms with Gasteiger partial charge in [0, 0.05) is 0 Å². The highest BCUT2D eigenvalue weighted by atomic mass is 16.2. The normalized spacial score (nSPS) is 10.3. The SMILES string of the molecule is CCCCCc1nnn(C(=O)n2ccnn2)c1C#N. The number of nitriles is 1. The Hall–Kier alpha value is -2.56. The lowest BCUT2D eigenvalue weighted by Gasteiger charge is -1.99. The van der Waals surface area contributed by atoms with E-state index in [1.807, 2.05) is 6.07 Å². The van der Waals surface area contributed by atoms with Crippen molar-refractivity contribution in [2.24, 2.45) is 0 Å². The van der Waals surface area contributed by atoms with E-state index in [4.69, 9.17) is 5.26 Å². The van der Waals surface area contributed by atoms with Crippen LogP contribution in [0, 0.1) is 11.3 Å². The molecular weight excluding hydrogens is 246 g/mol. The van der Waals surface area contributed by atoms with Crippen LogP contribution in [0.3, 0.4) is 0 Å². The van der Waals surface area contributed by atoms with Crippen LogP contribution in [0.2, 0.25) is 0 Å². The van der Waals surface area contributed by atoms with Gasteiger partial charge in [-0.3, -0.25) is 0 Å². The van der Waals surface area contributed by atoms with Crippen LogP contribution >= 0.6 is 0 Å². The summed E-state index contributed by atoms with van der Waals surface area (Å²) in [6.45, 7) is 2.09. The molecule has 0 aliphatic carbocycles. The van der Waals surface area contributed by atoms with E-state index in [-0.39, 0.29) is 5.69 Å². The minimum Gasteiger partial charge on any atom is -0.243 e. The van der Waals surface area contributed by atoms with E-state index in [0.29, 0.717) is 12.1 Å². The molecule has 0 bridgehead atoms. The summed E-state index contributed by atoms with van der Waals surface area (Å²) in [5.74, 6) is 0. The lowest BCUT2D eigenvalue weighted by Crippen LogP contribution is -2.22. The number of hydrogen-bond donors (Lipinski definition) is 0. The number of carbonyl (C=O) groups is 1. The highest BCUT2D eigenvalue weighted by Crippen LogP contribution is 2.09. The molecule has 2 aromatic rings. The zero-order valence-electron chi connectivity index (χ0n) is 10.5. The van der Waals surface area contributed by atoms with E-state index in [9.17, 15) is 4.79 Å². The van der Waals surface area contributed by atoms with Crippen LogP contribution in [0.5, 0.6) is 0 Å². The molecule has 2 aromatic heterocycles. The monoisotopic (exact) mass is 259 g/mol. The van der Waals surface area contributed by atoms with Crippen LogP contribution in [0.4, 0.5) is 4.79 Å². The summed E-state index contributed by atoms with van der Waals surface area (Å²) in [5, 5.41) is 23.9. The largest absolute Gasteiger partial charge is 0.373 e. The van der Waals surface area contributed by atoms with Gasteiger partial charge < -0.3 is 0 Å². The van der Waals surface area contributed by atoms with E-state index in [1.54, 1.807) is 0 Å². The molecule has 19 heavy (non-hydrogen) atoms. The summed E-state index contributed by atoms with van der Waals surface area (Å²) in [6, 6.07) is 1.40. The van der Waals surface area contributed by atoms with Crippen molar-refractivity contribution in [1.29, 1.82) is 5.26 Å². The Bertz CT molecular complexity index is 593. The Morgan fingerprint density at radius 1 is 1.42 bits per heavy atom. The van der Waals surface area contributed by atoms with Crippen molar-refractivity contribution in [3.63, 3.8) is 0 Å². The molecule has 0 spiro atoms. The molecule has 0 unspecified atom stereocenters. The summed E-state index contributed by atoms with van der Waals surface area (Å²) in [5.41, 5.74) is 0.709. The standard InChI is InChI=1S/C11H13N7O/c1-2-3-4-5-9-10(8-12)18(16-14-9)11(19)17-7-6-13-15-17/h6-7H,2-5H2,1H3. The third-order valence-electron chi connectivity index (χ3n) is 2.66. The molecule has 0 N–H and O–H groups in total. The molecular formula is C11H13N7O. The third kappa shape index (κ3) is 2.65. The number of aromatic nitrogens is 6. The molecule has 0 aliphatic heterocycles. The van der Waals surface area contributed by atoms with Crippen LogP contribution < -0.4 is 0 Å². The van der Waals surface area contributed by atoms with E-state index < -0.39 is 6.03 Å². The van der Waals surface area contributed by atoms with E-state index in [1.165, 1.54) is 12.4 Å². The molecule has 8 nitrogen and oxygen atoms in total. The molecule has 0 amide bonds. The van der Waals surface area contributed by atoms with Gasteiger partial charge in [0.25, 0.3) is 0 Å². The maximum absolute atomic E-state index is 12.0. The molecule has 0 saturated carbocycles. The van der Waals surface area contributed by atoms with E-state index in [0.717, 1.165) is 28.6 Å². The molecule has 0 aromatic carbocycles. The second-order valence-electron chi connectivity index (χ2n) is 4.00. The predicted molar refractivity (Wildman–Crippen MR) is 64.2 cm³/mol. The molecule has 8 heteroatoms. The maximum atomic E-state index is 12.0. The highest BCUT2D eigenvalue weighted by molar-refractivity contribution is 5.78. The van der Waals surface area contributed by atoms with Gasteiger partial charge in [0.05, 0.1) is 12.4 Å². The number of unbranched alkanes of at least 4 members (excludes halogenated alkanes) is 2. The fourth-order valence-corrected chi connectivity index (χ4v) is 1.68. The number of nitrogens with zero attached hydrogens (tertiary/aromatic N) is 7. The van der Waals surface area contributed by atoms with Crippen molar-refractivity contribution in [3.05, 3.63) is 23.8 Å². The highest BCUT2D eigenvalue weighted by Gasteiger charge is 2.19. The van der Waals surface area contributed by atoms with Crippen LogP contribution in [-0.4, -0.2) is 36.0 Å². The molecule has 0 saturated heterocycles. The minimum atomic E-state index is -0.566. The summed E-state index contributed by atoms with van der Waals surface area (Å²) in [6.07, 6.45) is 6.45. The van der Waals surface area contributed by atoms with Crippen LogP contribution in [0.25, 0.3) is 0 Å². The number of aryl methyl sites for hydroxylation is 1. The van der Waals surface area contributed by atoms with Crippen LogP contribution in [-0.2, 0) is 6.42 Å². The summed E-state index contributed by atoms with van der Waals surface area (Å²) < 4.78 is 1.96. The first kappa shape index (κ1) is 12.9. The maximum Gasteiger partial charge on any atom is 0.373 e. The zero-order valence-corrected chi connectivity index (χ0v) is 10.5. The lowest BCUT2D eigenvalue weighted by atomic mass is 10.1. The average molecular weight is 259 g/mol. The number of carbonyl (C=O) groups excluding carboxylic acids is 1. The van der Waals surface area contributed by atoms with Crippen molar-refractivity contribution in [2.75, 3.05) is 0 Å². The molecule has 0 radical (unpaired) electrons. The molecule has 0 aliphatic rings. The van der Waals surface area contributed by atoms with Gasteiger partial charge in [-0.25, -0.2) is 4.79 Å². The first-order chi connectivity index (χ1) is 9.27. The molecule has 0 fully saturated rings. The number of rotatable bonds is 4. The minimum absolute atomic E-state index is 0.164. The van der Waals surface area contributed by atoms with E-state index in [2.05, 4.69) is 27.5 Å². The topological polar surface area (TPSA) is 102 Å². The van der Waals surface area contributed by atoms with Gasteiger partial charge in [0.2, 0.25) is 0 Å². The average Bonchev–Trinajstić information content (AvgIpc) is 3.07. The van der Waals surface area contributed by atoms with Gasteiger partial charge in [-0.1, -0.05) is 30.2 Å². The van der Waals surface area contributed by atoms with Gasteiger partial charge in [-0.2, -0.15) is 9.94 Å². The van der Waals surface area contributed by atoms with Crippen molar-refractivity contribution in [1.82, 2.24) is 30.0 Å². The Balaban J connectivity index is 2.23. The van der Waals surface area contributed by atoms with Gasteiger partial charge in [0.1, 0.15) is 11.8 Å². The van der Waals surface area contributed by atoms with Crippen LogP contribution in [0.1, 0.15) is 37.6 Å². The van der Waals surface area contributed by atoms with Gasteiger partial charge in [-0.15, -0.1) is 14.9 Å². The van der Waals surface area contributed by atoms with Crippen molar-refractivity contribution in [2.45, 2.75) is 32.6 Å². The van der Waals surface area contributed by atoms with Gasteiger partial charge in [-0.05, 0) is 12.8 Å². The fraction of sp³-hybridized carbons (Fsp3) is 0.455. The van der Waals surface area contributed by atoms with Crippen molar-refractivity contribution in [3.8, 4) is 6.07 Å². The van der Waals surface area contributed by atoms with Gasteiger partial charge in [0.15, 0.2) is 5.69 Å². The predicted octanol–water partition coefficient (Wildman–Crippen LogP) is 0.990. The lowest BCUT2D eigenvalue weighted by molar-refractivity contribution is 0.237. The Kier molecular flexibility index (Phi) is 3.97. The Labute approximate surface area is 109 Å². The van der Waals surface area contributed by atoms with Crippen molar-refractivity contribution < 1.29 is 4.79 Å². The van der Waals surface area contributed by atoms with Crippen molar-refractivity contribution >= 4 is 6.03 Å². The summed E-state index contributed by atoms with van der Waals surface area (Å²) >= 11 is 0. The molecule has 2 rings (SSSR count). The van der Waals surface area contributed by atoms with Gasteiger partial charge >= 0.3 is 6.03 Å².